The Balaban J connectivity index is 2.10. The summed E-state index contributed by atoms with van der Waals surface area (Å²) in [6.45, 7) is 0.0822. The highest BCUT2D eigenvalue weighted by molar-refractivity contribution is 6.30. The van der Waals surface area contributed by atoms with Crippen LogP contribution in [0.15, 0.2) is 36.5 Å². The van der Waals surface area contributed by atoms with Crippen molar-refractivity contribution in [3.8, 4) is 5.75 Å². The van der Waals surface area contributed by atoms with Crippen LogP contribution in [0.25, 0.3) is 0 Å². The van der Waals surface area contributed by atoms with E-state index in [1.54, 1.807) is 30.5 Å². The first-order chi connectivity index (χ1) is 8.16. The van der Waals surface area contributed by atoms with Gasteiger partial charge in [0.1, 0.15) is 12.4 Å². The third kappa shape index (κ3) is 2.85. The highest BCUT2D eigenvalue weighted by Crippen LogP contribution is 2.20. The van der Waals surface area contributed by atoms with E-state index in [4.69, 9.17) is 22.1 Å². The van der Waals surface area contributed by atoms with Crippen LogP contribution in [0.1, 0.15) is 5.56 Å². The van der Waals surface area contributed by atoms with E-state index in [0.717, 1.165) is 0 Å². The van der Waals surface area contributed by atoms with Gasteiger partial charge in [0.25, 0.3) is 0 Å². The van der Waals surface area contributed by atoms with Crippen molar-refractivity contribution in [3.63, 3.8) is 0 Å². The molecule has 0 radical (unpaired) electrons. The monoisotopic (exact) mass is 252 g/mol. The summed E-state index contributed by atoms with van der Waals surface area (Å²) in [7, 11) is 0. The standard InChI is InChI=1S/C12H10ClFN2O/c13-9-4-3-8(10(14)6-9)7-17-11-2-1-5-16-12(11)15/h1-6H,7H2,(H2,15,16). The fourth-order valence-corrected chi connectivity index (χ4v) is 1.48. The lowest BCUT2D eigenvalue weighted by atomic mass is 10.2. The van der Waals surface area contributed by atoms with Crippen molar-refractivity contribution < 1.29 is 9.13 Å². The van der Waals surface area contributed by atoms with Crippen LogP contribution in [-0.2, 0) is 6.61 Å². The number of aromatic nitrogens is 1. The molecule has 0 saturated carbocycles. The zero-order valence-electron chi connectivity index (χ0n) is 8.86. The van der Waals surface area contributed by atoms with Crippen LogP contribution >= 0.6 is 11.6 Å². The number of nitrogens with two attached hydrogens (primary N) is 1. The summed E-state index contributed by atoms with van der Waals surface area (Å²) in [6, 6.07) is 7.80. The van der Waals surface area contributed by atoms with Crippen LogP contribution in [-0.4, -0.2) is 4.98 Å². The molecule has 0 fully saturated rings. The molecule has 2 N–H and O–H groups in total. The second-order valence-corrected chi connectivity index (χ2v) is 3.85. The fraction of sp³-hybridized carbons (Fsp3) is 0.0833. The normalized spacial score (nSPS) is 10.2. The van der Waals surface area contributed by atoms with Gasteiger partial charge in [-0.3, -0.25) is 0 Å². The molecule has 88 valence electrons. The van der Waals surface area contributed by atoms with Gasteiger partial charge < -0.3 is 10.5 Å². The van der Waals surface area contributed by atoms with Gasteiger partial charge in [0, 0.05) is 16.8 Å². The highest BCUT2D eigenvalue weighted by atomic mass is 35.5. The number of anilines is 1. The van der Waals surface area contributed by atoms with Gasteiger partial charge in [-0.15, -0.1) is 0 Å². The molecule has 17 heavy (non-hydrogen) atoms. The van der Waals surface area contributed by atoms with Gasteiger partial charge in [-0.1, -0.05) is 17.7 Å². The Morgan fingerprint density at radius 3 is 2.88 bits per heavy atom. The topological polar surface area (TPSA) is 48.1 Å². The maximum absolute atomic E-state index is 13.4. The Hall–Kier alpha value is -1.81. The van der Waals surface area contributed by atoms with Crippen LogP contribution < -0.4 is 10.5 Å². The van der Waals surface area contributed by atoms with E-state index in [9.17, 15) is 4.39 Å². The zero-order valence-corrected chi connectivity index (χ0v) is 9.62. The molecule has 3 nitrogen and oxygen atoms in total. The molecule has 0 aliphatic heterocycles. The Kier molecular flexibility index (Phi) is 3.44. The second kappa shape index (κ2) is 5.01. The summed E-state index contributed by atoms with van der Waals surface area (Å²) >= 11 is 5.65. The fourth-order valence-electron chi connectivity index (χ4n) is 1.32. The van der Waals surface area contributed by atoms with Crippen LogP contribution in [0.2, 0.25) is 5.02 Å². The summed E-state index contributed by atoms with van der Waals surface area (Å²) in [5.41, 5.74) is 6.01. The van der Waals surface area contributed by atoms with Gasteiger partial charge in [0.15, 0.2) is 11.6 Å². The molecule has 2 aromatic rings. The predicted octanol–water partition coefficient (Wildman–Crippen LogP) is 3.04. The molecule has 0 unspecified atom stereocenters. The molecule has 0 spiro atoms. The van der Waals surface area contributed by atoms with Crippen molar-refractivity contribution in [3.05, 3.63) is 52.9 Å². The van der Waals surface area contributed by atoms with Gasteiger partial charge in [0.05, 0.1) is 0 Å². The van der Waals surface area contributed by atoms with E-state index in [1.165, 1.54) is 6.07 Å². The van der Waals surface area contributed by atoms with Crippen molar-refractivity contribution in [1.29, 1.82) is 0 Å². The lowest BCUT2D eigenvalue weighted by Crippen LogP contribution is -2.01. The second-order valence-electron chi connectivity index (χ2n) is 3.41. The zero-order chi connectivity index (χ0) is 12.3. The highest BCUT2D eigenvalue weighted by Gasteiger charge is 2.05. The SMILES string of the molecule is Nc1ncccc1OCc1ccc(Cl)cc1F. The molecule has 1 aromatic carbocycles. The van der Waals surface area contributed by atoms with Crippen molar-refractivity contribution in [2.45, 2.75) is 6.61 Å². The molecular weight excluding hydrogens is 243 g/mol. The minimum absolute atomic E-state index is 0.0822. The predicted molar refractivity (Wildman–Crippen MR) is 64.4 cm³/mol. The summed E-state index contributed by atoms with van der Waals surface area (Å²) < 4.78 is 18.8. The lowest BCUT2D eigenvalue weighted by molar-refractivity contribution is 0.300. The number of hydrogen-bond acceptors (Lipinski definition) is 3. The first kappa shape index (κ1) is 11.7. The Bertz CT molecular complexity index is 534. The van der Waals surface area contributed by atoms with E-state index in [0.29, 0.717) is 16.3 Å². The molecule has 1 heterocycles. The molecule has 0 aliphatic carbocycles. The quantitative estimate of drug-likeness (QED) is 0.913. The van der Waals surface area contributed by atoms with Gasteiger partial charge in [-0.25, -0.2) is 9.37 Å². The number of rotatable bonds is 3. The Labute approximate surface area is 103 Å². The van der Waals surface area contributed by atoms with Crippen LogP contribution in [0.4, 0.5) is 10.2 Å². The number of benzene rings is 1. The third-order valence-electron chi connectivity index (χ3n) is 2.20. The first-order valence-corrected chi connectivity index (χ1v) is 5.32. The van der Waals surface area contributed by atoms with Crippen molar-refractivity contribution >= 4 is 17.4 Å². The smallest absolute Gasteiger partial charge is 0.166 e. The van der Waals surface area contributed by atoms with Crippen molar-refractivity contribution in [2.75, 3.05) is 5.73 Å². The summed E-state index contributed by atoms with van der Waals surface area (Å²) in [5, 5.41) is 0.354. The maximum Gasteiger partial charge on any atom is 0.166 e. The van der Waals surface area contributed by atoms with Crippen LogP contribution in [0.5, 0.6) is 5.75 Å². The van der Waals surface area contributed by atoms with Crippen molar-refractivity contribution in [1.82, 2.24) is 4.98 Å². The van der Waals surface area contributed by atoms with Gasteiger partial charge in [0.2, 0.25) is 0 Å². The van der Waals surface area contributed by atoms with E-state index in [2.05, 4.69) is 4.98 Å². The average molecular weight is 253 g/mol. The van der Waals surface area contributed by atoms with E-state index in [-0.39, 0.29) is 12.4 Å². The molecular formula is C12H10ClFN2O. The molecule has 0 atom stereocenters. The summed E-state index contributed by atoms with van der Waals surface area (Å²) in [5.74, 6) is 0.309. The van der Waals surface area contributed by atoms with Crippen LogP contribution in [0.3, 0.4) is 0 Å². The third-order valence-corrected chi connectivity index (χ3v) is 2.43. The number of hydrogen-bond donors (Lipinski definition) is 1. The largest absolute Gasteiger partial charge is 0.485 e. The first-order valence-electron chi connectivity index (χ1n) is 4.94. The van der Waals surface area contributed by atoms with Gasteiger partial charge in [-0.2, -0.15) is 0 Å². The number of pyridine rings is 1. The van der Waals surface area contributed by atoms with E-state index >= 15 is 0 Å². The van der Waals surface area contributed by atoms with Crippen LogP contribution in [0, 0.1) is 5.82 Å². The molecule has 0 aliphatic rings. The van der Waals surface area contributed by atoms with Gasteiger partial charge in [-0.05, 0) is 24.3 Å². The molecule has 0 amide bonds. The maximum atomic E-state index is 13.4. The van der Waals surface area contributed by atoms with Crippen molar-refractivity contribution in [2.24, 2.45) is 0 Å². The number of ether oxygens (including phenoxy) is 1. The van der Waals surface area contributed by atoms with E-state index < -0.39 is 5.82 Å². The molecule has 0 saturated heterocycles. The number of nitrogen functional groups attached to an aromatic ring is 1. The molecule has 0 bridgehead atoms. The molecule has 1 aromatic heterocycles. The Morgan fingerprint density at radius 1 is 1.35 bits per heavy atom. The summed E-state index contributed by atoms with van der Waals surface area (Å²) in [4.78, 5) is 3.87. The molecule has 5 heteroatoms. The Morgan fingerprint density at radius 2 is 2.18 bits per heavy atom. The molecule has 2 rings (SSSR count). The average Bonchev–Trinajstić information content (AvgIpc) is 2.30. The van der Waals surface area contributed by atoms with Gasteiger partial charge >= 0.3 is 0 Å². The lowest BCUT2D eigenvalue weighted by Gasteiger charge is -2.08. The number of nitrogens with zero attached hydrogens (tertiary/aromatic N) is 1. The van der Waals surface area contributed by atoms with E-state index in [1.807, 2.05) is 0 Å². The minimum atomic E-state index is -0.403. The number of halogens is 2. The minimum Gasteiger partial charge on any atom is -0.485 e. The summed E-state index contributed by atoms with van der Waals surface area (Å²) in [6.07, 6.45) is 1.56.